The topological polar surface area (TPSA) is 35.2 Å². The molecule has 0 aliphatic heterocycles. The quantitative estimate of drug-likeness (QED) is 0.768. The zero-order valence-corrected chi connectivity index (χ0v) is 10.2. The molecule has 0 aromatic heterocycles. The number of hydrogen-bond donors (Lipinski definition) is 1. The zero-order valence-electron chi connectivity index (χ0n) is 9.41. The highest BCUT2D eigenvalue weighted by Crippen LogP contribution is 2.12. The van der Waals surface area contributed by atoms with Crippen molar-refractivity contribution in [1.29, 1.82) is 0 Å². The van der Waals surface area contributed by atoms with Gasteiger partial charge in [0.2, 0.25) is 0 Å². The molecule has 2 N–H and O–H groups in total. The molecule has 0 bridgehead atoms. The van der Waals surface area contributed by atoms with Gasteiger partial charge >= 0.3 is 0 Å². The van der Waals surface area contributed by atoms with Gasteiger partial charge < -0.3 is 10.5 Å². The van der Waals surface area contributed by atoms with Crippen LogP contribution in [0, 0.1) is 0 Å². The van der Waals surface area contributed by atoms with Crippen LogP contribution in [0.4, 0.5) is 8.78 Å². The van der Waals surface area contributed by atoms with Crippen LogP contribution in [0.1, 0.15) is 12.0 Å². The highest BCUT2D eigenvalue weighted by Gasteiger charge is 2.06. The summed E-state index contributed by atoms with van der Waals surface area (Å²) in [4.78, 5) is 0. The molecule has 0 amide bonds. The van der Waals surface area contributed by atoms with Crippen LogP contribution in [0.2, 0.25) is 5.02 Å². The Bertz CT molecular complexity index is 336. The highest BCUT2D eigenvalue weighted by atomic mass is 35.5. The maximum absolute atomic E-state index is 11.8. The van der Waals surface area contributed by atoms with E-state index in [0.717, 1.165) is 5.56 Å². The van der Waals surface area contributed by atoms with Crippen LogP contribution in [-0.2, 0) is 11.2 Å². The zero-order chi connectivity index (χ0) is 12.7. The second kappa shape index (κ2) is 7.58. The van der Waals surface area contributed by atoms with Gasteiger partial charge in [0.15, 0.2) is 0 Å². The highest BCUT2D eigenvalue weighted by molar-refractivity contribution is 6.30. The third-order valence-corrected chi connectivity index (χ3v) is 2.50. The number of alkyl halides is 2. The molecule has 0 fully saturated rings. The average molecular weight is 264 g/mol. The molecule has 1 aromatic carbocycles. The van der Waals surface area contributed by atoms with Crippen molar-refractivity contribution in [1.82, 2.24) is 0 Å². The molecule has 1 atom stereocenters. The van der Waals surface area contributed by atoms with Crippen molar-refractivity contribution in [2.75, 3.05) is 13.2 Å². The van der Waals surface area contributed by atoms with E-state index in [1.54, 1.807) is 6.07 Å². The fourth-order valence-corrected chi connectivity index (χ4v) is 1.69. The van der Waals surface area contributed by atoms with Crippen LogP contribution in [0.15, 0.2) is 24.3 Å². The summed E-state index contributed by atoms with van der Waals surface area (Å²) >= 11 is 5.84. The lowest BCUT2D eigenvalue weighted by Crippen LogP contribution is -2.25. The standard InChI is InChI=1S/C12H16ClF2NO/c13-10-3-1-2-9(6-10)7-11(16)4-5-17-8-12(14)15/h1-3,6,11-12H,4-5,7-8,16H2. The van der Waals surface area contributed by atoms with Gasteiger partial charge in [0, 0.05) is 17.7 Å². The van der Waals surface area contributed by atoms with E-state index in [9.17, 15) is 8.78 Å². The van der Waals surface area contributed by atoms with Gasteiger partial charge in [0.25, 0.3) is 6.43 Å². The van der Waals surface area contributed by atoms with Crippen molar-refractivity contribution in [2.24, 2.45) is 5.73 Å². The Morgan fingerprint density at radius 2 is 2.12 bits per heavy atom. The maximum atomic E-state index is 11.8. The van der Waals surface area contributed by atoms with Crippen LogP contribution < -0.4 is 5.73 Å². The number of ether oxygens (including phenoxy) is 1. The molecule has 0 saturated heterocycles. The summed E-state index contributed by atoms with van der Waals surface area (Å²) in [7, 11) is 0. The minimum absolute atomic E-state index is 0.105. The normalized spacial score (nSPS) is 13.0. The minimum Gasteiger partial charge on any atom is -0.375 e. The van der Waals surface area contributed by atoms with E-state index in [2.05, 4.69) is 0 Å². The first-order valence-electron chi connectivity index (χ1n) is 5.44. The first-order chi connectivity index (χ1) is 8.08. The van der Waals surface area contributed by atoms with E-state index in [1.807, 2.05) is 18.2 Å². The summed E-state index contributed by atoms with van der Waals surface area (Å²) in [6, 6.07) is 7.33. The van der Waals surface area contributed by atoms with Gasteiger partial charge in [0.1, 0.15) is 6.61 Å². The maximum Gasteiger partial charge on any atom is 0.261 e. The van der Waals surface area contributed by atoms with Crippen LogP contribution in [0.25, 0.3) is 0 Å². The summed E-state index contributed by atoms with van der Waals surface area (Å²) in [5, 5.41) is 0.670. The van der Waals surface area contributed by atoms with Gasteiger partial charge in [-0.3, -0.25) is 0 Å². The van der Waals surface area contributed by atoms with E-state index in [0.29, 0.717) is 17.9 Å². The number of rotatable bonds is 7. The van der Waals surface area contributed by atoms with Crippen molar-refractivity contribution >= 4 is 11.6 Å². The van der Waals surface area contributed by atoms with Gasteiger partial charge in [-0.2, -0.15) is 0 Å². The molecule has 1 rings (SSSR count). The van der Waals surface area contributed by atoms with Crippen LogP contribution >= 0.6 is 11.6 Å². The predicted octanol–water partition coefficient (Wildman–Crippen LogP) is 2.88. The van der Waals surface area contributed by atoms with Gasteiger partial charge in [-0.05, 0) is 30.5 Å². The molecule has 0 spiro atoms. The SMILES string of the molecule is NC(CCOCC(F)F)Cc1cccc(Cl)c1. The fourth-order valence-electron chi connectivity index (χ4n) is 1.48. The van der Waals surface area contributed by atoms with Crippen LogP contribution in [0.3, 0.4) is 0 Å². The Morgan fingerprint density at radius 1 is 1.35 bits per heavy atom. The van der Waals surface area contributed by atoms with Crippen molar-refractivity contribution in [2.45, 2.75) is 25.3 Å². The Balaban J connectivity index is 2.23. The summed E-state index contributed by atoms with van der Waals surface area (Å²) in [5.41, 5.74) is 6.90. The van der Waals surface area contributed by atoms with E-state index in [1.165, 1.54) is 0 Å². The summed E-state index contributed by atoms with van der Waals surface area (Å²) in [5.74, 6) is 0. The Kier molecular flexibility index (Phi) is 6.40. The van der Waals surface area contributed by atoms with E-state index in [-0.39, 0.29) is 12.6 Å². The number of benzene rings is 1. The Labute approximate surface area is 105 Å². The number of nitrogens with two attached hydrogens (primary N) is 1. The lowest BCUT2D eigenvalue weighted by molar-refractivity contribution is 0.0153. The molecule has 0 aliphatic rings. The Hall–Kier alpha value is -0.710. The van der Waals surface area contributed by atoms with Gasteiger partial charge in [-0.25, -0.2) is 8.78 Å². The van der Waals surface area contributed by atoms with Crippen molar-refractivity contribution < 1.29 is 13.5 Å². The van der Waals surface area contributed by atoms with Crippen LogP contribution in [-0.4, -0.2) is 25.7 Å². The molecule has 17 heavy (non-hydrogen) atoms. The first kappa shape index (κ1) is 14.4. The molecule has 0 radical (unpaired) electrons. The van der Waals surface area contributed by atoms with Crippen molar-refractivity contribution in [3.8, 4) is 0 Å². The molecule has 0 saturated carbocycles. The van der Waals surface area contributed by atoms with E-state index < -0.39 is 13.0 Å². The Morgan fingerprint density at radius 3 is 2.76 bits per heavy atom. The summed E-state index contributed by atoms with van der Waals surface area (Å²) < 4.78 is 28.3. The molecule has 0 aliphatic carbocycles. The molecular weight excluding hydrogens is 248 g/mol. The minimum atomic E-state index is -2.42. The van der Waals surface area contributed by atoms with E-state index >= 15 is 0 Å². The van der Waals surface area contributed by atoms with E-state index in [4.69, 9.17) is 22.1 Å². The molecule has 0 heterocycles. The number of hydrogen-bond acceptors (Lipinski definition) is 2. The summed E-state index contributed by atoms with van der Waals surface area (Å²) in [6.07, 6.45) is -1.20. The second-order valence-electron chi connectivity index (χ2n) is 3.85. The average Bonchev–Trinajstić information content (AvgIpc) is 2.24. The molecular formula is C12H16ClF2NO. The monoisotopic (exact) mass is 263 g/mol. The molecule has 96 valence electrons. The van der Waals surface area contributed by atoms with Crippen molar-refractivity contribution in [3.05, 3.63) is 34.9 Å². The third kappa shape index (κ3) is 6.56. The first-order valence-corrected chi connectivity index (χ1v) is 5.81. The smallest absolute Gasteiger partial charge is 0.261 e. The lowest BCUT2D eigenvalue weighted by atomic mass is 10.0. The van der Waals surface area contributed by atoms with Gasteiger partial charge in [-0.1, -0.05) is 23.7 Å². The van der Waals surface area contributed by atoms with Gasteiger partial charge in [-0.15, -0.1) is 0 Å². The lowest BCUT2D eigenvalue weighted by Gasteiger charge is -2.12. The second-order valence-corrected chi connectivity index (χ2v) is 4.29. The van der Waals surface area contributed by atoms with Crippen molar-refractivity contribution in [3.63, 3.8) is 0 Å². The number of halogens is 3. The molecule has 2 nitrogen and oxygen atoms in total. The predicted molar refractivity (Wildman–Crippen MR) is 64.6 cm³/mol. The largest absolute Gasteiger partial charge is 0.375 e. The van der Waals surface area contributed by atoms with Crippen LogP contribution in [0.5, 0.6) is 0 Å². The summed E-state index contributed by atoms with van der Waals surface area (Å²) in [6.45, 7) is -0.268. The molecule has 5 heteroatoms. The molecule has 1 unspecified atom stereocenters. The molecule has 1 aromatic rings. The fraction of sp³-hybridized carbons (Fsp3) is 0.500. The van der Waals surface area contributed by atoms with Gasteiger partial charge in [0.05, 0.1) is 0 Å². The third-order valence-electron chi connectivity index (χ3n) is 2.26.